The Morgan fingerprint density at radius 1 is 1.11 bits per heavy atom. The number of hydrogen-bond acceptors (Lipinski definition) is 6. The van der Waals surface area contributed by atoms with E-state index in [1.54, 1.807) is 12.4 Å². The molecule has 0 amide bonds. The summed E-state index contributed by atoms with van der Waals surface area (Å²) in [4.78, 5) is 2.15. The highest BCUT2D eigenvalue weighted by Gasteiger charge is 2.42. The minimum absolute atomic E-state index is 0.0120. The maximum Gasteiger partial charge on any atom is 0.221 e. The van der Waals surface area contributed by atoms with E-state index in [0.717, 1.165) is 18.4 Å². The normalized spacial score (nSPS) is 28.6. The highest BCUT2D eigenvalue weighted by molar-refractivity contribution is 7.89. The second kappa shape index (κ2) is 11.8. The summed E-state index contributed by atoms with van der Waals surface area (Å²) < 4.78 is 43.9. The Balaban J connectivity index is 0.00000164. The summed E-state index contributed by atoms with van der Waals surface area (Å²) in [7, 11) is -3.65. The third-order valence-corrected chi connectivity index (χ3v) is 10.5. The third-order valence-electron chi connectivity index (χ3n) is 8.17. The van der Waals surface area contributed by atoms with Crippen LogP contribution in [0.5, 0.6) is 0 Å². The lowest BCUT2D eigenvalue weighted by Gasteiger charge is -2.39. The van der Waals surface area contributed by atoms with Crippen LogP contribution in [0.2, 0.25) is 0 Å². The van der Waals surface area contributed by atoms with Crippen molar-refractivity contribution in [2.45, 2.75) is 88.6 Å². The van der Waals surface area contributed by atoms with E-state index in [9.17, 15) is 13.7 Å². The van der Waals surface area contributed by atoms with Crippen molar-refractivity contribution >= 4 is 16.4 Å². The largest absolute Gasteiger partial charge is 0.339 e. The van der Waals surface area contributed by atoms with Gasteiger partial charge in [-0.15, -0.1) is 0 Å². The Labute approximate surface area is 226 Å². The lowest BCUT2D eigenvalue weighted by Crippen LogP contribution is -2.45. The Hall–Kier alpha value is -2.96. The smallest absolute Gasteiger partial charge is 0.221 e. The summed E-state index contributed by atoms with van der Waals surface area (Å²) in [5.41, 5.74) is 3.99. The van der Waals surface area contributed by atoms with E-state index in [-0.39, 0.29) is 12.6 Å². The SMILES string of the molecule is CC.C[C@H]1CC[C@H](c2ccccc2)S(=O)(=O)N1Cc1ccc(C2(C#N)CCC(N3C=NNC3)CC2)cc1F. The standard InChI is InChI=1S/C27H32FN5O2S.C2H6/c1-20-7-10-26(21-5-3-2-4-6-21)36(34,35)33(20)16-22-8-9-23(15-25(22)28)27(17-29)13-11-24(12-14-27)32-18-30-31-19-32;1-2/h2-6,8-9,15,18,20,24,26,31H,7,10-14,16,19H2,1H3;1-2H3/t20-,24?,26+,27?;/m0./s1. The fourth-order valence-electron chi connectivity index (χ4n) is 5.89. The summed E-state index contributed by atoms with van der Waals surface area (Å²) in [6.07, 6.45) is 6.02. The van der Waals surface area contributed by atoms with Crippen LogP contribution in [0, 0.1) is 17.1 Å². The fraction of sp³-hybridized carbons (Fsp3) is 0.517. The molecule has 2 fully saturated rings. The lowest BCUT2D eigenvalue weighted by molar-refractivity contribution is 0.214. The van der Waals surface area contributed by atoms with Gasteiger partial charge in [0.25, 0.3) is 0 Å². The van der Waals surface area contributed by atoms with E-state index >= 15 is 4.39 Å². The highest BCUT2D eigenvalue weighted by atomic mass is 32.2. The van der Waals surface area contributed by atoms with Gasteiger partial charge in [0.15, 0.2) is 0 Å². The number of hydrazone groups is 1. The molecule has 7 nitrogen and oxygen atoms in total. The van der Waals surface area contributed by atoms with E-state index in [2.05, 4.69) is 21.5 Å². The van der Waals surface area contributed by atoms with Crippen LogP contribution in [0.1, 0.15) is 81.2 Å². The van der Waals surface area contributed by atoms with Crippen LogP contribution in [-0.4, -0.2) is 42.7 Å². The molecule has 1 aliphatic carbocycles. The topological polar surface area (TPSA) is 88.8 Å². The average Bonchev–Trinajstić information content (AvgIpc) is 3.48. The summed E-state index contributed by atoms with van der Waals surface area (Å²) in [5, 5.41) is 13.5. The first kappa shape index (κ1) is 28.1. The van der Waals surface area contributed by atoms with Crippen LogP contribution < -0.4 is 5.43 Å². The molecule has 1 saturated heterocycles. The van der Waals surface area contributed by atoms with Crippen LogP contribution in [0.4, 0.5) is 4.39 Å². The Bertz CT molecular complexity index is 1270. The molecule has 38 heavy (non-hydrogen) atoms. The molecular weight excluding hydrogens is 501 g/mol. The van der Waals surface area contributed by atoms with Gasteiger partial charge in [0.1, 0.15) is 24.1 Å². The molecule has 3 aliphatic rings. The molecule has 9 heteroatoms. The zero-order chi connectivity index (χ0) is 27.3. The van der Waals surface area contributed by atoms with Crippen LogP contribution in [0.25, 0.3) is 0 Å². The Morgan fingerprint density at radius 2 is 1.82 bits per heavy atom. The van der Waals surface area contributed by atoms with Crippen molar-refractivity contribution in [3.8, 4) is 6.07 Å². The van der Waals surface area contributed by atoms with Crippen LogP contribution in [0.15, 0.2) is 53.6 Å². The number of nitrogens with one attached hydrogen (secondary N) is 1. The quantitative estimate of drug-likeness (QED) is 0.548. The van der Waals surface area contributed by atoms with Crippen LogP contribution in [0.3, 0.4) is 0 Å². The molecule has 1 N–H and O–H groups in total. The maximum atomic E-state index is 15.4. The number of halogens is 1. The molecule has 0 spiro atoms. The molecule has 2 aliphatic heterocycles. The van der Waals surface area contributed by atoms with Gasteiger partial charge in [-0.05, 0) is 62.6 Å². The van der Waals surface area contributed by atoms with Crippen molar-refractivity contribution in [1.29, 1.82) is 5.26 Å². The van der Waals surface area contributed by atoms with Gasteiger partial charge in [0.2, 0.25) is 10.0 Å². The van der Waals surface area contributed by atoms with Crippen molar-refractivity contribution in [2.24, 2.45) is 5.10 Å². The first-order chi connectivity index (χ1) is 18.3. The van der Waals surface area contributed by atoms with Gasteiger partial charge in [0.05, 0.1) is 11.5 Å². The summed E-state index contributed by atoms with van der Waals surface area (Å²) >= 11 is 0. The van der Waals surface area contributed by atoms with Crippen LogP contribution >= 0.6 is 0 Å². The predicted molar refractivity (Wildman–Crippen MR) is 148 cm³/mol. The molecule has 0 bridgehead atoms. The molecule has 2 heterocycles. The molecule has 1 saturated carbocycles. The second-order valence-corrected chi connectivity index (χ2v) is 12.3. The Morgan fingerprint density at radius 3 is 2.42 bits per heavy atom. The first-order valence-electron chi connectivity index (χ1n) is 13.6. The van der Waals surface area contributed by atoms with Gasteiger partial charge >= 0.3 is 0 Å². The molecule has 2 atom stereocenters. The maximum absolute atomic E-state index is 15.4. The monoisotopic (exact) mass is 539 g/mol. The molecule has 0 radical (unpaired) electrons. The zero-order valence-corrected chi connectivity index (χ0v) is 23.3. The summed E-state index contributed by atoms with van der Waals surface area (Å²) in [5.74, 6) is -0.454. The fourth-order valence-corrected chi connectivity index (χ4v) is 8.07. The van der Waals surface area contributed by atoms with E-state index in [1.807, 2.05) is 57.2 Å². The minimum Gasteiger partial charge on any atom is -0.339 e. The van der Waals surface area contributed by atoms with Gasteiger partial charge in [-0.3, -0.25) is 5.43 Å². The van der Waals surface area contributed by atoms with Crippen molar-refractivity contribution in [1.82, 2.24) is 14.6 Å². The van der Waals surface area contributed by atoms with Gasteiger partial charge in [-0.25, -0.2) is 12.8 Å². The van der Waals surface area contributed by atoms with Gasteiger partial charge < -0.3 is 4.90 Å². The molecule has 204 valence electrons. The minimum atomic E-state index is -3.65. The number of hydrogen-bond donors (Lipinski definition) is 1. The van der Waals surface area contributed by atoms with E-state index < -0.39 is 26.5 Å². The van der Waals surface area contributed by atoms with Gasteiger partial charge in [0, 0.05) is 24.2 Å². The predicted octanol–water partition coefficient (Wildman–Crippen LogP) is 5.42. The number of rotatable bonds is 5. The second-order valence-electron chi connectivity index (χ2n) is 10.2. The van der Waals surface area contributed by atoms with Crippen LogP contribution in [-0.2, 0) is 22.0 Å². The number of sulfonamides is 1. The number of benzene rings is 2. The lowest BCUT2D eigenvalue weighted by atomic mass is 9.69. The summed E-state index contributed by atoms with van der Waals surface area (Å²) in [6.45, 7) is 6.55. The highest BCUT2D eigenvalue weighted by Crippen LogP contribution is 2.42. The molecule has 2 aromatic rings. The van der Waals surface area contributed by atoms with Gasteiger partial charge in [-0.2, -0.15) is 14.7 Å². The van der Waals surface area contributed by atoms with Crippen molar-refractivity contribution in [2.75, 3.05) is 6.67 Å². The van der Waals surface area contributed by atoms with E-state index in [0.29, 0.717) is 49.5 Å². The molecule has 5 rings (SSSR count). The van der Waals surface area contributed by atoms with E-state index in [1.165, 1.54) is 10.4 Å². The van der Waals surface area contributed by atoms with Crippen molar-refractivity contribution in [3.63, 3.8) is 0 Å². The average molecular weight is 540 g/mol. The van der Waals surface area contributed by atoms with Gasteiger partial charge in [-0.1, -0.05) is 56.3 Å². The van der Waals surface area contributed by atoms with E-state index in [4.69, 9.17) is 0 Å². The number of nitriles is 1. The summed E-state index contributed by atoms with van der Waals surface area (Å²) in [6, 6.07) is 16.8. The third kappa shape index (κ3) is 5.43. The molecule has 0 unspecified atom stereocenters. The van der Waals surface area contributed by atoms with Crippen molar-refractivity contribution < 1.29 is 12.8 Å². The molecular formula is C29H38FN5O2S. The zero-order valence-electron chi connectivity index (χ0n) is 22.5. The number of nitrogens with zero attached hydrogens (tertiary/aromatic N) is 4. The van der Waals surface area contributed by atoms with Crippen molar-refractivity contribution in [3.05, 3.63) is 71.0 Å². The Kier molecular flexibility index (Phi) is 8.74. The first-order valence-corrected chi connectivity index (χ1v) is 15.1. The molecule has 0 aromatic heterocycles. The molecule has 2 aromatic carbocycles.